The van der Waals surface area contributed by atoms with Crippen molar-refractivity contribution >= 4 is 27.3 Å². The van der Waals surface area contributed by atoms with Gasteiger partial charge in [0.05, 0.1) is 5.56 Å². The molecule has 1 aromatic rings. The van der Waals surface area contributed by atoms with Gasteiger partial charge in [-0.1, -0.05) is 0 Å². The van der Waals surface area contributed by atoms with Crippen LogP contribution in [0.15, 0.2) is 15.2 Å². The lowest BCUT2D eigenvalue weighted by atomic mass is 10.4. The zero-order valence-electron chi connectivity index (χ0n) is 3.89. The van der Waals surface area contributed by atoms with Crippen LogP contribution < -0.4 is 0 Å². The summed E-state index contributed by atoms with van der Waals surface area (Å²) in [6.07, 6.45) is 0. The van der Waals surface area contributed by atoms with E-state index in [-0.39, 0.29) is 0 Å². The Morgan fingerprint density at radius 2 is 2.38 bits per heavy atom. The van der Waals surface area contributed by atoms with Gasteiger partial charge >= 0.3 is 0 Å². The first-order valence-corrected chi connectivity index (χ1v) is 3.70. The Hall–Kier alpha value is -0.330. The van der Waals surface area contributed by atoms with Crippen molar-refractivity contribution in [2.75, 3.05) is 0 Å². The summed E-state index contributed by atoms with van der Waals surface area (Å²) < 4.78 is 0.894. The van der Waals surface area contributed by atoms with E-state index in [9.17, 15) is 0 Å². The highest BCUT2D eigenvalue weighted by molar-refractivity contribution is 9.10. The summed E-state index contributed by atoms with van der Waals surface area (Å²) in [4.78, 5) is 0. The molecule has 0 bridgehead atoms. The fourth-order valence-corrected chi connectivity index (χ4v) is 1.67. The number of nitriles is 1. The van der Waals surface area contributed by atoms with Gasteiger partial charge in [0, 0.05) is 15.2 Å². The highest BCUT2D eigenvalue weighted by Crippen LogP contribution is 2.19. The molecule has 0 fully saturated rings. The first-order valence-electron chi connectivity index (χ1n) is 1.96. The van der Waals surface area contributed by atoms with E-state index < -0.39 is 0 Å². The standard InChI is InChI=1S/C5H2BrNS/c6-5-3-8-2-4(5)1-7/h2-3H. The van der Waals surface area contributed by atoms with Gasteiger partial charge < -0.3 is 0 Å². The van der Waals surface area contributed by atoms with Crippen LogP contribution in [0.1, 0.15) is 5.56 Å². The lowest BCUT2D eigenvalue weighted by Gasteiger charge is -1.74. The molecule has 0 amide bonds. The SMILES string of the molecule is N#Cc1cscc1Br. The Bertz CT molecular complexity index is 223. The van der Waals surface area contributed by atoms with Crippen LogP contribution in [0, 0.1) is 11.3 Å². The summed E-state index contributed by atoms with van der Waals surface area (Å²) in [5.74, 6) is 0. The van der Waals surface area contributed by atoms with Gasteiger partial charge in [0.25, 0.3) is 0 Å². The molecule has 0 saturated carbocycles. The minimum absolute atomic E-state index is 0.718. The molecule has 8 heavy (non-hydrogen) atoms. The molecule has 0 N–H and O–H groups in total. The molecule has 0 atom stereocenters. The van der Waals surface area contributed by atoms with Gasteiger partial charge in [-0.3, -0.25) is 0 Å². The second-order valence-electron chi connectivity index (χ2n) is 1.25. The van der Waals surface area contributed by atoms with Crippen LogP contribution in [0.4, 0.5) is 0 Å². The lowest BCUT2D eigenvalue weighted by molar-refractivity contribution is 1.50. The molecule has 0 unspecified atom stereocenters. The van der Waals surface area contributed by atoms with E-state index in [1.54, 1.807) is 0 Å². The zero-order chi connectivity index (χ0) is 5.98. The van der Waals surface area contributed by atoms with Crippen molar-refractivity contribution < 1.29 is 0 Å². The zero-order valence-corrected chi connectivity index (χ0v) is 6.29. The molecule has 0 aromatic carbocycles. The van der Waals surface area contributed by atoms with Crippen LogP contribution in [0.25, 0.3) is 0 Å². The molecule has 0 spiro atoms. The van der Waals surface area contributed by atoms with Gasteiger partial charge in [-0.15, -0.1) is 11.3 Å². The summed E-state index contributed by atoms with van der Waals surface area (Å²) in [5, 5.41) is 12.0. The molecule has 0 aliphatic carbocycles. The summed E-state index contributed by atoms with van der Waals surface area (Å²) in [6.45, 7) is 0. The maximum absolute atomic E-state index is 8.33. The van der Waals surface area contributed by atoms with Crippen molar-refractivity contribution in [2.24, 2.45) is 0 Å². The van der Waals surface area contributed by atoms with Crippen LogP contribution in [0.2, 0.25) is 0 Å². The normalized spacial score (nSPS) is 8.50. The van der Waals surface area contributed by atoms with Crippen molar-refractivity contribution in [3.63, 3.8) is 0 Å². The molecule has 1 heterocycles. The largest absolute Gasteiger partial charge is 0.192 e. The van der Waals surface area contributed by atoms with Gasteiger partial charge in [0.2, 0.25) is 0 Å². The highest BCUT2D eigenvalue weighted by Gasteiger charge is 1.95. The molecule has 0 aliphatic rings. The molecule has 1 nitrogen and oxygen atoms in total. The van der Waals surface area contributed by atoms with Crippen LogP contribution >= 0.6 is 27.3 Å². The van der Waals surface area contributed by atoms with Gasteiger partial charge in [-0.05, 0) is 15.9 Å². The molecular weight excluding hydrogens is 186 g/mol. The van der Waals surface area contributed by atoms with Crippen LogP contribution in [-0.2, 0) is 0 Å². The van der Waals surface area contributed by atoms with Crippen molar-refractivity contribution in [1.82, 2.24) is 0 Å². The minimum Gasteiger partial charge on any atom is -0.192 e. The predicted molar refractivity (Wildman–Crippen MR) is 36.7 cm³/mol. The first-order chi connectivity index (χ1) is 3.84. The Balaban J connectivity index is 3.15. The predicted octanol–water partition coefficient (Wildman–Crippen LogP) is 2.38. The van der Waals surface area contributed by atoms with Crippen molar-refractivity contribution in [3.8, 4) is 6.07 Å². The van der Waals surface area contributed by atoms with Crippen LogP contribution in [0.5, 0.6) is 0 Å². The second-order valence-corrected chi connectivity index (χ2v) is 2.84. The third kappa shape index (κ3) is 0.908. The van der Waals surface area contributed by atoms with Gasteiger partial charge in [0.1, 0.15) is 6.07 Å². The smallest absolute Gasteiger partial charge is 0.101 e. The minimum atomic E-state index is 0.718. The monoisotopic (exact) mass is 187 g/mol. The topological polar surface area (TPSA) is 23.8 Å². The van der Waals surface area contributed by atoms with E-state index in [0.29, 0.717) is 0 Å². The summed E-state index contributed by atoms with van der Waals surface area (Å²) in [6, 6.07) is 2.04. The fourth-order valence-electron chi connectivity index (χ4n) is 0.361. The second kappa shape index (κ2) is 2.29. The number of halogens is 1. The third-order valence-electron chi connectivity index (χ3n) is 0.735. The molecule has 40 valence electrons. The van der Waals surface area contributed by atoms with E-state index in [0.717, 1.165) is 10.0 Å². The fraction of sp³-hybridized carbons (Fsp3) is 0. The maximum Gasteiger partial charge on any atom is 0.101 e. The number of thiophene rings is 1. The number of hydrogen-bond donors (Lipinski definition) is 0. The van der Waals surface area contributed by atoms with Gasteiger partial charge in [-0.2, -0.15) is 5.26 Å². The molecule has 0 saturated heterocycles. The molecule has 1 rings (SSSR count). The van der Waals surface area contributed by atoms with Crippen molar-refractivity contribution in [2.45, 2.75) is 0 Å². The van der Waals surface area contributed by atoms with Gasteiger partial charge in [0.15, 0.2) is 0 Å². The van der Waals surface area contributed by atoms with Crippen molar-refractivity contribution in [1.29, 1.82) is 5.26 Å². The molecule has 0 radical (unpaired) electrons. The molecular formula is C5H2BrNS. The average Bonchev–Trinajstić information content (AvgIpc) is 2.14. The van der Waals surface area contributed by atoms with E-state index in [2.05, 4.69) is 15.9 Å². The Labute approximate surface area is 59.7 Å². The molecule has 1 aromatic heterocycles. The van der Waals surface area contributed by atoms with E-state index >= 15 is 0 Å². The average molecular weight is 188 g/mol. The number of rotatable bonds is 0. The number of hydrogen-bond acceptors (Lipinski definition) is 2. The maximum atomic E-state index is 8.33. The molecule has 0 aliphatic heterocycles. The van der Waals surface area contributed by atoms with E-state index in [1.165, 1.54) is 11.3 Å². The highest BCUT2D eigenvalue weighted by atomic mass is 79.9. The van der Waals surface area contributed by atoms with Gasteiger partial charge in [-0.25, -0.2) is 0 Å². The first kappa shape index (κ1) is 5.80. The Kier molecular flexibility index (Phi) is 1.66. The summed E-state index contributed by atoms with van der Waals surface area (Å²) >= 11 is 4.74. The molecule has 3 heteroatoms. The lowest BCUT2D eigenvalue weighted by Crippen LogP contribution is -1.61. The summed E-state index contributed by atoms with van der Waals surface area (Å²) in [5.41, 5.74) is 0.718. The quantitative estimate of drug-likeness (QED) is 0.613. The third-order valence-corrected chi connectivity index (χ3v) is 2.44. The van der Waals surface area contributed by atoms with Crippen molar-refractivity contribution in [3.05, 3.63) is 20.8 Å². The van der Waals surface area contributed by atoms with E-state index in [1.807, 2.05) is 16.8 Å². The van der Waals surface area contributed by atoms with Crippen LogP contribution in [-0.4, -0.2) is 0 Å². The Morgan fingerprint density at radius 3 is 2.62 bits per heavy atom. The summed E-state index contributed by atoms with van der Waals surface area (Å²) in [7, 11) is 0. The Morgan fingerprint density at radius 1 is 1.62 bits per heavy atom. The van der Waals surface area contributed by atoms with E-state index in [4.69, 9.17) is 5.26 Å². The number of nitrogens with zero attached hydrogens (tertiary/aromatic N) is 1. The van der Waals surface area contributed by atoms with Crippen LogP contribution in [0.3, 0.4) is 0 Å².